The van der Waals surface area contributed by atoms with Gasteiger partial charge in [0.2, 0.25) is 0 Å². The maximum atomic E-state index is 13.3. The number of nitrogens with one attached hydrogen (secondary N) is 1. The quantitative estimate of drug-likeness (QED) is 0.514. The van der Waals surface area contributed by atoms with Gasteiger partial charge in [-0.1, -0.05) is 0 Å². The van der Waals surface area contributed by atoms with Crippen LogP contribution in [0.2, 0.25) is 0 Å². The van der Waals surface area contributed by atoms with E-state index in [0.29, 0.717) is 6.61 Å². The van der Waals surface area contributed by atoms with Crippen molar-refractivity contribution in [3.8, 4) is 0 Å². The highest BCUT2D eigenvalue weighted by Gasteiger charge is 2.11. The molecule has 0 aromatic heterocycles. The molecule has 2 nitrogen and oxygen atoms in total. The van der Waals surface area contributed by atoms with Crippen LogP contribution in [0.4, 0.5) is 8.78 Å². The van der Waals surface area contributed by atoms with Gasteiger partial charge in [-0.2, -0.15) is 5.48 Å². The zero-order valence-electron chi connectivity index (χ0n) is 7.61. The Morgan fingerprint density at radius 2 is 2.14 bits per heavy atom. The van der Waals surface area contributed by atoms with Gasteiger partial charge >= 0.3 is 0 Å². The van der Waals surface area contributed by atoms with Gasteiger partial charge in [-0.15, -0.1) is 0 Å². The largest absolute Gasteiger partial charge is 0.302 e. The smallest absolute Gasteiger partial charge is 0.144 e. The van der Waals surface area contributed by atoms with Crippen LogP contribution in [-0.2, 0) is 11.4 Å². The monoisotopic (exact) mass is 265 g/mol. The molecule has 0 heterocycles. The maximum Gasteiger partial charge on any atom is 0.144 e. The highest BCUT2D eigenvalue weighted by Crippen LogP contribution is 2.21. The lowest BCUT2D eigenvalue weighted by Gasteiger charge is -2.07. The van der Waals surface area contributed by atoms with Gasteiger partial charge in [0.25, 0.3) is 0 Å². The van der Waals surface area contributed by atoms with E-state index in [-0.39, 0.29) is 16.6 Å². The van der Waals surface area contributed by atoms with E-state index in [0.717, 1.165) is 0 Å². The first-order valence-corrected chi connectivity index (χ1v) is 4.93. The van der Waals surface area contributed by atoms with E-state index in [4.69, 9.17) is 4.84 Å². The van der Waals surface area contributed by atoms with Crippen LogP contribution in [0.15, 0.2) is 16.6 Å². The van der Waals surface area contributed by atoms with Crippen molar-refractivity contribution in [2.75, 3.05) is 6.61 Å². The molecule has 1 N–H and O–H groups in total. The van der Waals surface area contributed by atoms with E-state index in [9.17, 15) is 8.78 Å². The Kier molecular flexibility index (Phi) is 4.44. The van der Waals surface area contributed by atoms with Crippen molar-refractivity contribution in [2.45, 2.75) is 13.5 Å². The molecule has 0 atom stereocenters. The highest BCUT2D eigenvalue weighted by molar-refractivity contribution is 9.10. The summed E-state index contributed by atoms with van der Waals surface area (Å²) >= 11 is 2.98. The summed E-state index contributed by atoms with van der Waals surface area (Å²) in [6.07, 6.45) is 0. The molecule has 0 amide bonds. The van der Waals surface area contributed by atoms with E-state index in [1.54, 1.807) is 6.92 Å². The molecule has 1 aromatic carbocycles. The summed E-state index contributed by atoms with van der Waals surface area (Å²) in [6.45, 7) is 2.23. The summed E-state index contributed by atoms with van der Waals surface area (Å²) in [5, 5.41) is 0. The van der Waals surface area contributed by atoms with Crippen LogP contribution in [0.3, 0.4) is 0 Å². The molecule has 0 spiro atoms. The molecule has 5 heteroatoms. The van der Waals surface area contributed by atoms with E-state index >= 15 is 0 Å². The minimum absolute atomic E-state index is 0.00491. The SMILES string of the molecule is CCONCc1c(F)ccc(Br)c1F. The van der Waals surface area contributed by atoms with Crippen LogP contribution < -0.4 is 5.48 Å². The molecule has 14 heavy (non-hydrogen) atoms. The van der Waals surface area contributed by atoms with Crippen LogP contribution in [0.5, 0.6) is 0 Å². The predicted molar refractivity (Wildman–Crippen MR) is 52.5 cm³/mol. The molecule has 0 unspecified atom stereocenters. The molecular weight excluding hydrogens is 256 g/mol. The number of hydrogen-bond donors (Lipinski definition) is 1. The second-order valence-electron chi connectivity index (χ2n) is 2.58. The summed E-state index contributed by atoms with van der Waals surface area (Å²) in [6, 6.07) is 2.53. The lowest BCUT2D eigenvalue weighted by molar-refractivity contribution is 0.0450. The summed E-state index contributed by atoms with van der Waals surface area (Å²) in [5.74, 6) is -1.19. The molecule has 0 aliphatic carbocycles. The molecule has 0 aliphatic rings. The zero-order valence-corrected chi connectivity index (χ0v) is 9.20. The molecule has 0 radical (unpaired) electrons. The Morgan fingerprint density at radius 1 is 1.43 bits per heavy atom. The van der Waals surface area contributed by atoms with Gasteiger partial charge in [0.15, 0.2) is 0 Å². The predicted octanol–water partition coefficient (Wildman–Crippen LogP) is 2.77. The summed E-state index contributed by atoms with van der Waals surface area (Å²) in [5.41, 5.74) is 2.42. The fourth-order valence-electron chi connectivity index (χ4n) is 0.956. The number of halogens is 3. The summed E-state index contributed by atoms with van der Waals surface area (Å²) in [4.78, 5) is 4.79. The normalized spacial score (nSPS) is 10.6. The molecule has 78 valence electrons. The molecule has 0 saturated carbocycles. The Balaban J connectivity index is 2.79. The molecule has 1 rings (SSSR count). The van der Waals surface area contributed by atoms with Crippen LogP contribution >= 0.6 is 15.9 Å². The van der Waals surface area contributed by atoms with Crippen molar-refractivity contribution in [1.29, 1.82) is 0 Å². The third kappa shape index (κ3) is 2.73. The van der Waals surface area contributed by atoms with Gasteiger partial charge in [0.05, 0.1) is 17.6 Å². The standard InChI is InChI=1S/C9H10BrF2NO/c1-2-14-13-5-6-8(11)4-3-7(10)9(6)12/h3-4,13H,2,5H2,1H3. The van der Waals surface area contributed by atoms with Gasteiger partial charge in [0, 0.05) is 5.56 Å². The average molecular weight is 266 g/mol. The first kappa shape index (κ1) is 11.6. The number of hydroxylamine groups is 1. The molecule has 1 aromatic rings. The number of hydrogen-bond acceptors (Lipinski definition) is 2. The van der Waals surface area contributed by atoms with Crippen molar-refractivity contribution < 1.29 is 13.6 Å². The Bertz CT molecular complexity index is 320. The number of rotatable bonds is 4. The molecule has 0 bridgehead atoms. The minimum Gasteiger partial charge on any atom is -0.302 e. The molecule has 0 fully saturated rings. The number of benzene rings is 1. The summed E-state index contributed by atoms with van der Waals surface area (Å²) < 4.78 is 26.7. The topological polar surface area (TPSA) is 21.3 Å². The van der Waals surface area contributed by atoms with E-state index in [1.807, 2.05) is 0 Å². The van der Waals surface area contributed by atoms with E-state index in [2.05, 4.69) is 21.4 Å². The minimum atomic E-state index is -0.600. The first-order valence-electron chi connectivity index (χ1n) is 4.13. The molecule has 0 aliphatic heterocycles. The Hall–Kier alpha value is -0.520. The maximum absolute atomic E-state index is 13.3. The van der Waals surface area contributed by atoms with E-state index < -0.39 is 11.6 Å². The molecular formula is C9H10BrF2NO. The van der Waals surface area contributed by atoms with Gasteiger partial charge in [0.1, 0.15) is 11.6 Å². The lowest BCUT2D eigenvalue weighted by atomic mass is 10.2. The van der Waals surface area contributed by atoms with Crippen molar-refractivity contribution in [2.24, 2.45) is 0 Å². The zero-order chi connectivity index (χ0) is 10.6. The van der Waals surface area contributed by atoms with Crippen LogP contribution in [-0.4, -0.2) is 6.61 Å². The van der Waals surface area contributed by atoms with E-state index in [1.165, 1.54) is 12.1 Å². The highest BCUT2D eigenvalue weighted by atomic mass is 79.9. The van der Waals surface area contributed by atoms with Crippen LogP contribution in [0.1, 0.15) is 12.5 Å². The van der Waals surface area contributed by atoms with Gasteiger partial charge in [-0.3, -0.25) is 0 Å². The van der Waals surface area contributed by atoms with Crippen molar-refractivity contribution in [1.82, 2.24) is 5.48 Å². The first-order chi connectivity index (χ1) is 6.66. The van der Waals surface area contributed by atoms with Crippen molar-refractivity contribution in [3.63, 3.8) is 0 Å². The van der Waals surface area contributed by atoms with Gasteiger partial charge < -0.3 is 4.84 Å². The fourth-order valence-corrected chi connectivity index (χ4v) is 1.33. The summed E-state index contributed by atoms with van der Waals surface area (Å²) in [7, 11) is 0. The van der Waals surface area contributed by atoms with Crippen LogP contribution in [0, 0.1) is 11.6 Å². The van der Waals surface area contributed by atoms with Crippen molar-refractivity contribution in [3.05, 3.63) is 33.8 Å². The Labute approximate surface area is 89.3 Å². The van der Waals surface area contributed by atoms with Crippen LogP contribution in [0.25, 0.3) is 0 Å². The van der Waals surface area contributed by atoms with Crippen molar-refractivity contribution >= 4 is 15.9 Å². The Morgan fingerprint density at radius 3 is 2.79 bits per heavy atom. The van der Waals surface area contributed by atoms with Gasteiger partial charge in [-0.05, 0) is 35.0 Å². The average Bonchev–Trinajstić information content (AvgIpc) is 2.18. The third-order valence-electron chi connectivity index (χ3n) is 1.63. The second-order valence-corrected chi connectivity index (χ2v) is 3.43. The fraction of sp³-hybridized carbons (Fsp3) is 0.333. The third-order valence-corrected chi connectivity index (χ3v) is 2.25. The second kappa shape index (κ2) is 5.38. The van der Waals surface area contributed by atoms with Gasteiger partial charge in [-0.25, -0.2) is 8.78 Å². The molecule has 0 saturated heterocycles. The lowest BCUT2D eigenvalue weighted by Crippen LogP contribution is -2.16.